The summed E-state index contributed by atoms with van der Waals surface area (Å²) < 4.78 is 0. The molecule has 1 rings (SSSR count). The highest BCUT2D eigenvalue weighted by atomic mass is 14.0. The Morgan fingerprint density at radius 3 is 1.26 bits per heavy atom. The maximum absolute atomic E-state index is 3.47. The van der Waals surface area contributed by atoms with Crippen LogP contribution in [0.2, 0.25) is 0 Å². The fourth-order valence-corrected chi connectivity index (χ4v) is 2.98. The Kier molecular flexibility index (Phi) is 12.5. The van der Waals surface area contributed by atoms with Gasteiger partial charge in [0.05, 0.1) is 0 Å². The summed E-state index contributed by atoms with van der Waals surface area (Å²) in [6.45, 7) is 0. The predicted octanol–water partition coefficient (Wildman–Crippen LogP) is 6.99. The van der Waals surface area contributed by atoms with Crippen LogP contribution in [0.5, 0.6) is 0 Å². The third kappa shape index (κ3) is 12.5. The first-order valence-electron chi connectivity index (χ1n) is 9.05. The lowest BCUT2D eigenvalue weighted by Gasteiger charge is -2.03. The third-order valence-corrected chi connectivity index (χ3v) is 4.31. The molecule has 111 valence electrons. The van der Waals surface area contributed by atoms with Crippen LogP contribution in [0, 0.1) is 6.08 Å². The second-order valence-corrected chi connectivity index (χ2v) is 6.25. The predicted molar refractivity (Wildman–Crippen MR) is 86.3 cm³/mol. The number of hydrogen-bond acceptors (Lipinski definition) is 0. The molecule has 0 atom stereocenters. The topological polar surface area (TPSA) is 0 Å². The van der Waals surface area contributed by atoms with Crippen molar-refractivity contribution in [3.8, 4) is 0 Å². The number of hydrogen-bond donors (Lipinski definition) is 0. The van der Waals surface area contributed by atoms with Crippen molar-refractivity contribution in [1.29, 1.82) is 0 Å². The van der Waals surface area contributed by atoms with E-state index in [9.17, 15) is 0 Å². The maximum Gasteiger partial charge on any atom is -0.0279 e. The van der Waals surface area contributed by atoms with E-state index in [-0.39, 0.29) is 0 Å². The second kappa shape index (κ2) is 14.2. The Morgan fingerprint density at radius 2 is 0.789 bits per heavy atom. The van der Waals surface area contributed by atoms with Crippen molar-refractivity contribution >= 4 is 0 Å². The molecular formula is C19H35. The van der Waals surface area contributed by atoms with E-state index in [2.05, 4.69) is 12.2 Å². The summed E-state index contributed by atoms with van der Waals surface area (Å²) in [6.07, 6.45) is 30.0. The lowest BCUT2D eigenvalue weighted by molar-refractivity contribution is 0.532. The average molecular weight is 263 g/mol. The van der Waals surface area contributed by atoms with Crippen molar-refractivity contribution in [1.82, 2.24) is 0 Å². The molecule has 0 saturated heterocycles. The summed E-state index contributed by atoms with van der Waals surface area (Å²) in [5.41, 5.74) is 0. The van der Waals surface area contributed by atoms with Crippen LogP contribution in [0.3, 0.4) is 0 Å². The van der Waals surface area contributed by atoms with Crippen LogP contribution in [-0.2, 0) is 0 Å². The first-order chi connectivity index (χ1) is 9.50. The summed E-state index contributed by atoms with van der Waals surface area (Å²) in [5, 5.41) is 0. The van der Waals surface area contributed by atoms with E-state index in [1.807, 2.05) is 0 Å². The normalized spacial score (nSPS) is 24.8. The quantitative estimate of drug-likeness (QED) is 0.442. The van der Waals surface area contributed by atoms with Gasteiger partial charge in [-0.2, -0.15) is 0 Å². The van der Waals surface area contributed by atoms with Crippen LogP contribution < -0.4 is 0 Å². The van der Waals surface area contributed by atoms with E-state index in [0.717, 1.165) is 0 Å². The van der Waals surface area contributed by atoms with E-state index in [1.54, 1.807) is 0 Å². The van der Waals surface area contributed by atoms with Gasteiger partial charge < -0.3 is 0 Å². The Hall–Kier alpha value is -0.260. The molecule has 19 heavy (non-hydrogen) atoms. The molecular weight excluding hydrogens is 228 g/mol. The summed E-state index contributed by atoms with van der Waals surface area (Å²) in [6, 6.07) is 0. The largest absolute Gasteiger partial charge is 0.0811 e. The van der Waals surface area contributed by atoms with E-state index >= 15 is 0 Å². The summed E-state index contributed by atoms with van der Waals surface area (Å²) >= 11 is 0. The molecule has 0 spiro atoms. The van der Waals surface area contributed by atoms with Crippen molar-refractivity contribution in [3.05, 3.63) is 12.2 Å². The van der Waals surface area contributed by atoms with Crippen molar-refractivity contribution in [3.63, 3.8) is 0 Å². The Labute approximate surface area is 122 Å². The van der Waals surface area contributed by atoms with Gasteiger partial charge in [-0.3, -0.25) is 0 Å². The van der Waals surface area contributed by atoms with Gasteiger partial charge >= 0.3 is 0 Å². The molecule has 0 N–H and O–H groups in total. The lowest BCUT2D eigenvalue weighted by atomic mass is 10.0. The van der Waals surface area contributed by atoms with Crippen LogP contribution >= 0.6 is 0 Å². The monoisotopic (exact) mass is 263 g/mol. The summed E-state index contributed by atoms with van der Waals surface area (Å²) in [4.78, 5) is 0. The molecule has 0 aromatic heterocycles. The van der Waals surface area contributed by atoms with E-state index < -0.39 is 0 Å². The molecule has 0 unspecified atom stereocenters. The first-order valence-corrected chi connectivity index (χ1v) is 9.05. The summed E-state index contributed by atoms with van der Waals surface area (Å²) in [5.74, 6) is 0. The highest BCUT2D eigenvalue weighted by Gasteiger charge is 1.95. The fraction of sp³-hybridized carbons (Fsp3) is 0.895. The van der Waals surface area contributed by atoms with Gasteiger partial charge in [0.2, 0.25) is 0 Å². The molecule has 1 radical (unpaired) electrons. The van der Waals surface area contributed by atoms with Gasteiger partial charge in [0, 0.05) is 0 Å². The molecule has 1 aliphatic rings. The Balaban J connectivity index is 2.06. The second-order valence-electron chi connectivity index (χ2n) is 6.25. The van der Waals surface area contributed by atoms with Crippen LogP contribution in [0.25, 0.3) is 0 Å². The van der Waals surface area contributed by atoms with Gasteiger partial charge in [-0.15, -0.1) is 0 Å². The zero-order valence-electron chi connectivity index (χ0n) is 13.1. The minimum Gasteiger partial charge on any atom is -0.0811 e. The van der Waals surface area contributed by atoms with Gasteiger partial charge in [-0.25, -0.2) is 0 Å². The smallest absolute Gasteiger partial charge is 0.0279 e. The minimum absolute atomic E-state index is 1.19. The molecule has 0 heteroatoms. The van der Waals surface area contributed by atoms with Gasteiger partial charge in [0.15, 0.2) is 0 Å². The zero-order chi connectivity index (χ0) is 13.4. The number of allylic oxidation sites excluding steroid dienone is 2. The van der Waals surface area contributed by atoms with Crippen molar-refractivity contribution in [2.45, 2.75) is 109 Å². The molecule has 0 aromatic carbocycles. The van der Waals surface area contributed by atoms with Gasteiger partial charge in [-0.1, -0.05) is 89.5 Å². The van der Waals surface area contributed by atoms with Crippen molar-refractivity contribution in [2.24, 2.45) is 0 Å². The van der Waals surface area contributed by atoms with Crippen LogP contribution in [0.4, 0.5) is 0 Å². The van der Waals surface area contributed by atoms with E-state index in [4.69, 9.17) is 0 Å². The average Bonchev–Trinajstić information content (AvgIpc) is 2.43. The first kappa shape index (κ1) is 16.8. The Bertz CT molecular complexity index is 172. The maximum atomic E-state index is 3.47. The van der Waals surface area contributed by atoms with E-state index in [1.165, 1.54) is 109 Å². The van der Waals surface area contributed by atoms with Crippen molar-refractivity contribution in [2.75, 3.05) is 0 Å². The SMILES string of the molecule is [C]1=C\CCCCCCCCCCCCCCCCC/1. The summed E-state index contributed by atoms with van der Waals surface area (Å²) in [7, 11) is 0. The number of rotatable bonds is 0. The van der Waals surface area contributed by atoms with Crippen LogP contribution in [0.15, 0.2) is 6.08 Å². The lowest BCUT2D eigenvalue weighted by Crippen LogP contribution is -1.83. The molecule has 0 fully saturated rings. The highest BCUT2D eigenvalue weighted by Crippen LogP contribution is 2.14. The molecule has 0 aliphatic heterocycles. The molecule has 0 heterocycles. The van der Waals surface area contributed by atoms with Gasteiger partial charge in [-0.05, 0) is 31.8 Å². The van der Waals surface area contributed by atoms with E-state index in [0.29, 0.717) is 0 Å². The van der Waals surface area contributed by atoms with Crippen molar-refractivity contribution < 1.29 is 0 Å². The molecule has 1 aliphatic carbocycles. The molecule has 0 bridgehead atoms. The molecule has 0 aromatic rings. The Morgan fingerprint density at radius 1 is 0.421 bits per heavy atom. The fourth-order valence-electron chi connectivity index (χ4n) is 2.98. The van der Waals surface area contributed by atoms with Gasteiger partial charge in [0.25, 0.3) is 0 Å². The zero-order valence-corrected chi connectivity index (χ0v) is 13.1. The standard InChI is InChI=1S/C19H35/c1-2-4-6-8-10-12-14-16-18-19-17-15-13-11-9-7-5-3-1/h1H,2,4-19H2. The third-order valence-electron chi connectivity index (χ3n) is 4.31. The highest BCUT2D eigenvalue weighted by molar-refractivity contribution is 4.73. The molecule has 0 nitrogen and oxygen atoms in total. The minimum atomic E-state index is 1.19. The molecule has 0 amide bonds. The van der Waals surface area contributed by atoms with Crippen LogP contribution in [-0.4, -0.2) is 0 Å². The molecule has 0 saturated carbocycles. The van der Waals surface area contributed by atoms with Crippen LogP contribution in [0.1, 0.15) is 109 Å². The van der Waals surface area contributed by atoms with Gasteiger partial charge in [0.1, 0.15) is 0 Å².